The van der Waals surface area contributed by atoms with Crippen molar-refractivity contribution in [3.63, 3.8) is 0 Å². The summed E-state index contributed by atoms with van der Waals surface area (Å²) in [4.78, 5) is 4.36. The Hall–Kier alpha value is -1.85. The van der Waals surface area contributed by atoms with Gasteiger partial charge in [0.25, 0.3) is 0 Å². The zero-order valence-electron chi connectivity index (χ0n) is 11.5. The van der Waals surface area contributed by atoms with Crippen LogP contribution in [0.2, 0.25) is 0 Å². The summed E-state index contributed by atoms with van der Waals surface area (Å²) in [7, 11) is 0. The summed E-state index contributed by atoms with van der Waals surface area (Å²) in [5.74, 6) is 3.88. The van der Waals surface area contributed by atoms with Crippen LogP contribution in [0.5, 0.6) is 0 Å². The number of aromatic nitrogens is 1. The molecule has 1 atom stereocenters. The highest BCUT2D eigenvalue weighted by molar-refractivity contribution is 5.28. The summed E-state index contributed by atoms with van der Waals surface area (Å²) in [6.45, 7) is 3.77. The van der Waals surface area contributed by atoms with Crippen molar-refractivity contribution in [2.45, 2.75) is 26.3 Å². The molecule has 3 nitrogen and oxygen atoms in total. The molecule has 1 unspecified atom stereocenters. The number of benzene rings is 1. The molecule has 0 fully saturated rings. The number of hydrazine groups is 1. The Labute approximate surface area is 116 Å². The largest absolute Gasteiger partial charge is 0.271 e. The quantitative estimate of drug-likeness (QED) is 0.667. The summed E-state index contributed by atoms with van der Waals surface area (Å²) >= 11 is 0. The summed E-state index contributed by atoms with van der Waals surface area (Å²) in [5.41, 5.74) is 5.53. The van der Waals surface area contributed by atoms with Gasteiger partial charge in [0.2, 0.25) is 0 Å². The molecule has 0 aliphatic carbocycles. The van der Waals surface area contributed by atoms with Crippen LogP contribution in [-0.4, -0.2) is 4.98 Å². The average molecular weight is 277 g/mol. The van der Waals surface area contributed by atoms with E-state index < -0.39 is 11.6 Å². The average Bonchev–Trinajstić information content (AvgIpc) is 2.41. The first-order valence-corrected chi connectivity index (χ1v) is 6.36. The van der Waals surface area contributed by atoms with Gasteiger partial charge >= 0.3 is 0 Å². The lowest BCUT2D eigenvalue weighted by Crippen LogP contribution is -2.30. The molecule has 5 heteroatoms. The van der Waals surface area contributed by atoms with Gasteiger partial charge in [-0.05, 0) is 43.5 Å². The molecule has 1 aromatic carbocycles. The van der Waals surface area contributed by atoms with Gasteiger partial charge in [0.15, 0.2) is 11.6 Å². The van der Waals surface area contributed by atoms with Gasteiger partial charge in [-0.15, -0.1) is 0 Å². The van der Waals surface area contributed by atoms with Crippen molar-refractivity contribution in [3.8, 4) is 0 Å². The van der Waals surface area contributed by atoms with Crippen LogP contribution in [0.4, 0.5) is 8.78 Å². The maximum atomic E-state index is 13.7. The molecule has 3 N–H and O–H groups in total. The molecule has 106 valence electrons. The smallest absolute Gasteiger partial charge is 0.162 e. The molecule has 0 radical (unpaired) electrons. The molecule has 1 heterocycles. The van der Waals surface area contributed by atoms with E-state index in [4.69, 9.17) is 5.84 Å². The van der Waals surface area contributed by atoms with Crippen molar-refractivity contribution in [1.29, 1.82) is 0 Å². The summed E-state index contributed by atoms with van der Waals surface area (Å²) in [6, 6.07) is 7.59. The number of nitrogens with two attached hydrogens (primary N) is 1. The van der Waals surface area contributed by atoms with Crippen LogP contribution >= 0.6 is 0 Å². The first-order chi connectivity index (χ1) is 9.52. The Kier molecular flexibility index (Phi) is 4.42. The summed E-state index contributed by atoms with van der Waals surface area (Å²) in [6.07, 6.45) is 0.256. The minimum absolute atomic E-state index is 0.256. The van der Waals surface area contributed by atoms with Crippen LogP contribution in [-0.2, 0) is 6.42 Å². The monoisotopic (exact) mass is 277 g/mol. The number of nitrogens with one attached hydrogen (secondary N) is 1. The molecule has 0 spiro atoms. The Morgan fingerprint density at radius 3 is 2.60 bits per heavy atom. The molecular weight excluding hydrogens is 260 g/mol. The van der Waals surface area contributed by atoms with Gasteiger partial charge in [-0.25, -0.2) is 8.78 Å². The number of aryl methyl sites for hydroxylation is 2. The van der Waals surface area contributed by atoms with E-state index >= 15 is 0 Å². The van der Waals surface area contributed by atoms with Crippen molar-refractivity contribution in [2.24, 2.45) is 5.84 Å². The molecule has 0 aliphatic rings. The van der Waals surface area contributed by atoms with E-state index in [0.29, 0.717) is 0 Å². The Morgan fingerprint density at radius 1 is 1.20 bits per heavy atom. The van der Waals surface area contributed by atoms with Crippen LogP contribution in [0, 0.1) is 25.5 Å². The predicted octanol–water partition coefficient (Wildman–Crippen LogP) is 2.72. The molecular formula is C15H17F2N3. The van der Waals surface area contributed by atoms with Crippen molar-refractivity contribution in [3.05, 3.63) is 64.5 Å². The predicted molar refractivity (Wildman–Crippen MR) is 73.8 cm³/mol. The fraction of sp³-hybridized carbons (Fsp3) is 0.267. The second kappa shape index (κ2) is 6.07. The number of rotatable bonds is 4. The molecule has 0 amide bonds. The van der Waals surface area contributed by atoms with Crippen LogP contribution in [0.3, 0.4) is 0 Å². The highest BCUT2D eigenvalue weighted by Crippen LogP contribution is 2.22. The van der Waals surface area contributed by atoms with Gasteiger partial charge in [0.1, 0.15) is 0 Å². The molecule has 0 bridgehead atoms. The van der Waals surface area contributed by atoms with E-state index in [1.807, 2.05) is 26.0 Å². The third-order valence-electron chi connectivity index (χ3n) is 3.30. The maximum Gasteiger partial charge on any atom is 0.162 e. The molecule has 0 saturated heterocycles. The number of pyridine rings is 1. The van der Waals surface area contributed by atoms with E-state index in [2.05, 4.69) is 10.4 Å². The van der Waals surface area contributed by atoms with Gasteiger partial charge < -0.3 is 0 Å². The first kappa shape index (κ1) is 14.6. The Bertz CT molecular complexity index is 614. The van der Waals surface area contributed by atoms with E-state index in [9.17, 15) is 8.78 Å². The highest BCUT2D eigenvalue weighted by Gasteiger charge is 2.17. The fourth-order valence-electron chi connectivity index (χ4n) is 2.25. The number of hydrogen-bond acceptors (Lipinski definition) is 3. The van der Waals surface area contributed by atoms with Gasteiger partial charge in [-0.2, -0.15) is 0 Å². The maximum absolute atomic E-state index is 13.7. The van der Waals surface area contributed by atoms with Crippen LogP contribution < -0.4 is 11.3 Å². The molecule has 20 heavy (non-hydrogen) atoms. The minimum atomic E-state index is -0.850. The fourth-order valence-corrected chi connectivity index (χ4v) is 2.25. The number of halogens is 2. The summed E-state index contributed by atoms with van der Waals surface area (Å²) in [5, 5.41) is 0. The lowest BCUT2D eigenvalue weighted by molar-refractivity contribution is 0.480. The SMILES string of the molecule is Cc1ccc(C(Cc2cccc(F)c2F)NN)c(C)n1. The van der Waals surface area contributed by atoms with E-state index in [-0.39, 0.29) is 18.0 Å². The Morgan fingerprint density at radius 2 is 1.95 bits per heavy atom. The highest BCUT2D eigenvalue weighted by atomic mass is 19.2. The molecule has 2 rings (SSSR count). The van der Waals surface area contributed by atoms with Crippen molar-refractivity contribution < 1.29 is 8.78 Å². The van der Waals surface area contributed by atoms with Gasteiger partial charge in [0, 0.05) is 11.4 Å². The van der Waals surface area contributed by atoms with Crippen LogP contribution in [0.15, 0.2) is 30.3 Å². The number of hydrogen-bond donors (Lipinski definition) is 2. The van der Waals surface area contributed by atoms with Crippen molar-refractivity contribution in [2.75, 3.05) is 0 Å². The van der Waals surface area contributed by atoms with Crippen molar-refractivity contribution in [1.82, 2.24) is 10.4 Å². The third kappa shape index (κ3) is 3.00. The van der Waals surface area contributed by atoms with E-state index in [1.54, 1.807) is 6.07 Å². The Balaban J connectivity index is 2.31. The molecule has 0 aliphatic heterocycles. The number of nitrogens with zero attached hydrogens (tertiary/aromatic N) is 1. The zero-order chi connectivity index (χ0) is 14.7. The minimum Gasteiger partial charge on any atom is -0.271 e. The second-order valence-electron chi connectivity index (χ2n) is 4.76. The standard InChI is InChI=1S/C15H17F2N3/c1-9-6-7-12(10(2)19-9)14(20-18)8-11-4-3-5-13(16)15(11)17/h3-7,14,20H,8,18H2,1-2H3. The zero-order valence-corrected chi connectivity index (χ0v) is 11.5. The van der Waals surface area contributed by atoms with Gasteiger partial charge in [-0.1, -0.05) is 18.2 Å². The third-order valence-corrected chi connectivity index (χ3v) is 3.30. The normalized spacial score (nSPS) is 12.4. The topological polar surface area (TPSA) is 50.9 Å². The lowest BCUT2D eigenvalue weighted by Gasteiger charge is -2.19. The van der Waals surface area contributed by atoms with Gasteiger partial charge in [-0.3, -0.25) is 16.3 Å². The lowest BCUT2D eigenvalue weighted by atomic mass is 9.97. The van der Waals surface area contributed by atoms with Gasteiger partial charge in [0.05, 0.1) is 6.04 Å². The van der Waals surface area contributed by atoms with E-state index in [1.165, 1.54) is 6.07 Å². The molecule has 2 aromatic rings. The van der Waals surface area contributed by atoms with Crippen LogP contribution in [0.1, 0.15) is 28.6 Å². The summed E-state index contributed by atoms with van der Waals surface area (Å²) < 4.78 is 26.9. The van der Waals surface area contributed by atoms with Crippen LogP contribution in [0.25, 0.3) is 0 Å². The van der Waals surface area contributed by atoms with E-state index in [0.717, 1.165) is 23.0 Å². The second-order valence-corrected chi connectivity index (χ2v) is 4.76. The first-order valence-electron chi connectivity index (χ1n) is 6.36. The van der Waals surface area contributed by atoms with Crippen molar-refractivity contribution >= 4 is 0 Å². The molecule has 1 aromatic heterocycles. The molecule has 0 saturated carbocycles.